The fourth-order valence-electron chi connectivity index (χ4n) is 3.58. The molecule has 3 rings (SSSR count). The van der Waals surface area contributed by atoms with Crippen molar-refractivity contribution in [3.8, 4) is 0 Å². The van der Waals surface area contributed by atoms with Crippen LogP contribution >= 0.6 is 22.9 Å². The Labute approximate surface area is 189 Å². The summed E-state index contributed by atoms with van der Waals surface area (Å²) in [6.45, 7) is 3.72. The van der Waals surface area contributed by atoms with Gasteiger partial charge in [-0.3, -0.25) is 24.6 Å². The van der Waals surface area contributed by atoms with Crippen molar-refractivity contribution in [3.63, 3.8) is 0 Å². The van der Waals surface area contributed by atoms with Crippen molar-refractivity contribution in [2.24, 2.45) is 5.92 Å². The lowest BCUT2D eigenvalue weighted by Crippen LogP contribution is -2.48. The molecule has 2 aromatic rings. The number of thiophene rings is 1. The molecule has 2 heterocycles. The van der Waals surface area contributed by atoms with Gasteiger partial charge in [0.1, 0.15) is 0 Å². The number of anilines is 1. The van der Waals surface area contributed by atoms with E-state index >= 15 is 0 Å². The second-order valence-corrected chi connectivity index (χ2v) is 8.96. The van der Waals surface area contributed by atoms with E-state index in [-0.39, 0.29) is 28.4 Å². The number of hydrogen-bond donors (Lipinski definition) is 2. The van der Waals surface area contributed by atoms with Crippen molar-refractivity contribution in [1.82, 2.24) is 10.2 Å². The molecule has 1 fully saturated rings. The number of likely N-dealkylation sites (tertiary alicyclic amines) is 1. The molecule has 1 saturated heterocycles. The minimum absolute atomic E-state index is 0.0426. The van der Waals surface area contributed by atoms with Crippen LogP contribution in [-0.4, -0.2) is 47.3 Å². The predicted molar refractivity (Wildman–Crippen MR) is 122 cm³/mol. The van der Waals surface area contributed by atoms with E-state index in [2.05, 4.69) is 16.7 Å². The van der Waals surface area contributed by atoms with Gasteiger partial charge >= 0.3 is 0 Å². The van der Waals surface area contributed by atoms with Gasteiger partial charge in [-0.05, 0) is 56.8 Å². The first-order valence-electron chi connectivity index (χ1n) is 10.1. The van der Waals surface area contributed by atoms with Crippen molar-refractivity contribution in [2.75, 3.05) is 25.0 Å². The first-order valence-corrected chi connectivity index (χ1v) is 11.4. The monoisotopic (exact) mass is 464 g/mol. The zero-order valence-corrected chi connectivity index (χ0v) is 18.7. The first-order chi connectivity index (χ1) is 14.8. The van der Waals surface area contributed by atoms with E-state index in [4.69, 9.17) is 11.6 Å². The average Bonchev–Trinajstić information content (AvgIpc) is 3.28. The third kappa shape index (κ3) is 6.25. The maximum Gasteiger partial charge on any atom is 0.271 e. The Morgan fingerprint density at radius 3 is 2.68 bits per heavy atom. The number of carbonyl (C=O) groups excluding carboxylic acids is 2. The van der Waals surface area contributed by atoms with Crippen LogP contribution in [0.3, 0.4) is 0 Å². The number of piperidine rings is 1. The third-order valence-electron chi connectivity index (χ3n) is 5.50. The van der Waals surface area contributed by atoms with Crippen LogP contribution < -0.4 is 10.6 Å². The second-order valence-electron chi connectivity index (χ2n) is 7.52. The molecule has 0 spiro atoms. The smallest absolute Gasteiger partial charge is 0.271 e. The van der Waals surface area contributed by atoms with Gasteiger partial charge in [0.05, 0.1) is 21.7 Å². The topological polar surface area (TPSA) is 105 Å². The lowest BCUT2D eigenvalue weighted by Gasteiger charge is -2.34. The highest BCUT2D eigenvalue weighted by Gasteiger charge is 2.30. The number of rotatable bonds is 8. The Kier molecular flexibility index (Phi) is 8.00. The number of nitro groups is 1. The molecule has 0 aliphatic carbocycles. The lowest BCUT2D eigenvalue weighted by molar-refractivity contribution is -0.384. The number of nitrogens with zero attached hydrogens (tertiary/aromatic N) is 2. The van der Waals surface area contributed by atoms with Gasteiger partial charge in [0.15, 0.2) is 0 Å². The molecule has 1 aliphatic rings. The highest BCUT2D eigenvalue weighted by molar-refractivity contribution is 7.09. The quantitative estimate of drug-likeness (QED) is 0.457. The average molecular weight is 465 g/mol. The van der Waals surface area contributed by atoms with Crippen molar-refractivity contribution in [2.45, 2.75) is 32.2 Å². The molecular formula is C21H25ClN4O4S. The first kappa shape index (κ1) is 23.2. The van der Waals surface area contributed by atoms with Crippen molar-refractivity contribution < 1.29 is 14.5 Å². The van der Waals surface area contributed by atoms with Crippen molar-refractivity contribution in [1.29, 1.82) is 0 Å². The summed E-state index contributed by atoms with van der Waals surface area (Å²) in [7, 11) is 0. The lowest BCUT2D eigenvalue weighted by atomic mass is 9.95. The van der Waals surface area contributed by atoms with E-state index < -0.39 is 11.0 Å². The fraction of sp³-hybridized carbons (Fsp3) is 0.429. The molecule has 0 radical (unpaired) electrons. The second kappa shape index (κ2) is 10.7. The molecule has 10 heteroatoms. The van der Waals surface area contributed by atoms with Crippen molar-refractivity contribution in [3.05, 3.63) is 55.7 Å². The van der Waals surface area contributed by atoms with Crippen LogP contribution in [0.15, 0.2) is 35.7 Å². The molecule has 1 atom stereocenters. The number of hydrogen-bond acceptors (Lipinski definition) is 6. The zero-order chi connectivity index (χ0) is 22.4. The zero-order valence-electron chi connectivity index (χ0n) is 17.2. The molecule has 1 aromatic heterocycles. The van der Waals surface area contributed by atoms with Gasteiger partial charge in [0.2, 0.25) is 11.8 Å². The van der Waals surface area contributed by atoms with Gasteiger partial charge in [-0.2, -0.15) is 0 Å². The highest BCUT2D eigenvalue weighted by atomic mass is 35.5. The maximum absolute atomic E-state index is 12.6. The Bertz CT molecular complexity index is 929. The third-order valence-corrected chi connectivity index (χ3v) is 6.75. The van der Waals surface area contributed by atoms with E-state index in [9.17, 15) is 19.7 Å². The fourth-order valence-corrected chi connectivity index (χ4v) is 4.51. The summed E-state index contributed by atoms with van der Waals surface area (Å²) in [5.41, 5.74) is 0.205. The van der Waals surface area contributed by atoms with E-state index in [1.165, 1.54) is 23.1 Å². The van der Waals surface area contributed by atoms with E-state index in [1.54, 1.807) is 18.3 Å². The van der Waals surface area contributed by atoms with Gasteiger partial charge in [0, 0.05) is 29.5 Å². The number of halogens is 1. The Morgan fingerprint density at radius 1 is 1.32 bits per heavy atom. The SMILES string of the molecule is CC(C(=O)Nc1ccc([N+](=O)[O-])cc1Cl)N1CCC(C(=O)NCCc2cccs2)CC1. The van der Waals surface area contributed by atoms with E-state index in [1.807, 2.05) is 16.3 Å². The molecule has 0 bridgehead atoms. The molecule has 8 nitrogen and oxygen atoms in total. The number of nitrogens with one attached hydrogen (secondary N) is 2. The number of amides is 2. The highest BCUT2D eigenvalue weighted by Crippen LogP contribution is 2.27. The summed E-state index contributed by atoms with van der Waals surface area (Å²) >= 11 is 7.75. The van der Waals surface area contributed by atoms with Crippen LogP contribution in [-0.2, 0) is 16.0 Å². The van der Waals surface area contributed by atoms with Gasteiger partial charge in [-0.25, -0.2) is 0 Å². The normalized spacial score (nSPS) is 15.9. The molecule has 2 N–H and O–H groups in total. The minimum atomic E-state index is -0.539. The summed E-state index contributed by atoms with van der Waals surface area (Å²) in [5.74, 6) is -0.209. The predicted octanol–water partition coefficient (Wildman–Crippen LogP) is 3.71. The molecule has 0 saturated carbocycles. The summed E-state index contributed by atoms with van der Waals surface area (Å²) < 4.78 is 0. The van der Waals surface area contributed by atoms with Crippen LogP contribution in [0.5, 0.6) is 0 Å². The molecule has 1 unspecified atom stereocenters. The Balaban J connectivity index is 1.44. The largest absolute Gasteiger partial charge is 0.355 e. The molecule has 1 aliphatic heterocycles. The Hall–Kier alpha value is -2.49. The molecule has 2 amide bonds. The summed E-state index contributed by atoms with van der Waals surface area (Å²) in [6, 6.07) is 7.60. The number of carbonyl (C=O) groups is 2. The van der Waals surface area contributed by atoms with Gasteiger partial charge in [-0.15, -0.1) is 11.3 Å². The van der Waals surface area contributed by atoms with E-state index in [0.717, 1.165) is 6.42 Å². The van der Waals surface area contributed by atoms with Crippen LogP contribution in [0.25, 0.3) is 0 Å². The van der Waals surface area contributed by atoms with Crippen LogP contribution in [0.1, 0.15) is 24.6 Å². The number of nitro benzene ring substituents is 1. The van der Waals surface area contributed by atoms with Crippen LogP contribution in [0, 0.1) is 16.0 Å². The van der Waals surface area contributed by atoms with Crippen molar-refractivity contribution >= 4 is 46.1 Å². The Morgan fingerprint density at radius 2 is 2.06 bits per heavy atom. The summed E-state index contributed by atoms with van der Waals surface area (Å²) in [6.07, 6.45) is 2.23. The summed E-state index contributed by atoms with van der Waals surface area (Å²) in [4.78, 5) is 38.6. The molecule has 166 valence electrons. The van der Waals surface area contributed by atoms with Crippen LogP contribution in [0.4, 0.5) is 11.4 Å². The van der Waals surface area contributed by atoms with Gasteiger partial charge in [-0.1, -0.05) is 17.7 Å². The number of benzene rings is 1. The number of non-ortho nitro benzene ring substituents is 1. The standard InChI is InChI=1S/C21H25ClN4O4S/c1-14(20(27)24-19-5-4-16(26(29)30)13-18(19)22)25-10-7-15(8-11-25)21(28)23-9-6-17-3-2-12-31-17/h2-5,12-15H,6-11H2,1H3,(H,23,28)(H,24,27). The van der Waals surface area contributed by atoms with E-state index in [0.29, 0.717) is 38.2 Å². The van der Waals surface area contributed by atoms with Gasteiger partial charge < -0.3 is 10.6 Å². The molecule has 1 aromatic carbocycles. The maximum atomic E-state index is 12.6. The summed E-state index contributed by atoms with van der Waals surface area (Å²) in [5, 5.41) is 18.7. The van der Waals surface area contributed by atoms with Gasteiger partial charge in [0.25, 0.3) is 5.69 Å². The minimum Gasteiger partial charge on any atom is -0.355 e. The molecular weight excluding hydrogens is 440 g/mol. The molecule has 31 heavy (non-hydrogen) atoms. The van der Waals surface area contributed by atoms with Crippen LogP contribution in [0.2, 0.25) is 5.02 Å².